The first-order chi connectivity index (χ1) is 15.1. The lowest BCUT2D eigenvalue weighted by Crippen LogP contribution is -2.38. The summed E-state index contributed by atoms with van der Waals surface area (Å²) in [6.07, 6.45) is 8.99. The number of benzene rings is 1. The molecule has 1 N–H and O–H groups in total. The molecule has 0 bridgehead atoms. The predicted molar refractivity (Wildman–Crippen MR) is 126 cm³/mol. The van der Waals surface area contributed by atoms with Crippen LogP contribution in [0.1, 0.15) is 47.7 Å². The molecule has 162 valence electrons. The largest absolute Gasteiger partial charge is 0.507 e. The Morgan fingerprint density at radius 1 is 1.13 bits per heavy atom. The molecule has 3 heterocycles. The van der Waals surface area contributed by atoms with Crippen molar-refractivity contribution in [3.8, 4) is 5.75 Å². The molecule has 0 saturated carbocycles. The fraction of sp³-hybridized carbons (Fsp3) is 0.360. The summed E-state index contributed by atoms with van der Waals surface area (Å²) in [5.74, 6) is 0.0782. The Hall–Kier alpha value is -2.57. The SMILES string of the molecule is CSc1ccc([C@H](c2c(O)cc(C)n(Cc3cccnc3)c2=O)N2CCCCC2)cc1. The number of hydrogen-bond acceptors (Lipinski definition) is 5. The maximum absolute atomic E-state index is 13.7. The number of aryl methyl sites for hydroxylation is 1. The van der Waals surface area contributed by atoms with E-state index >= 15 is 0 Å². The van der Waals surface area contributed by atoms with Gasteiger partial charge in [-0.05, 0) is 74.5 Å². The van der Waals surface area contributed by atoms with Crippen LogP contribution in [0, 0.1) is 6.92 Å². The molecule has 0 radical (unpaired) electrons. The average Bonchev–Trinajstić information content (AvgIpc) is 2.81. The number of aromatic hydroxyl groups is 1. The van der Waals surface area contributed by atoms with Crippen molar-refractivity contribution in [2.24, 2.45) is 0 Å². The van der Waals surface area contributed by atoms with Crippen LogP contribution in [0.25, 0.3) is 0 Å². The normalized spacial score (nSPS) is 15.7. The molecule has 0 amide bonds. The Morgan fingerprint density at radius 2 is 1.87 bits per heavy atom. The van der Waals surface area contributed by atoms with E-state index in [4.69, 9.17) is 0 Å². The van der Waals surface area contributed by atoms with Gasteiger partial charge in [-0.25, -0.2) is 0 Å². The number of aromatic nitrogens is 2. The monoisotopic (exact) mass is 435 g/mol. The van der Waals surface area contributed by atoms with E-state index < -0.39 is 0 Å². The maximum atomic E-state index is 13.7. The molecular weight excluding hydrogens is 406 g/mol. The van der Waals surface area contributed by atoms with Crippen LogP contribution in [0.4, 0.5) is 0 Å². The lowest BCUT2D eigenvalue weighted by atomic mass is 9.94. The van der Waals surface area contributed by atoms with Crippen LogP contribution in [-0.2, 0) is 6.54 Å². The smallest absolute Gasteiger partial charge is 0.259 e. The van der Waals surface area contributed by atoms with Crippen LogP contribution in [0.3, 0.4) is 0 Å². The molecule has 1 saturated heterocycles. The van der Waals surface area contributed by atoms with Crippen LogP contribution in [0.15, 0.2) is 64.5 Å². The Labute approximate surface area is 187 Å². The van der Waals surface area contributed by atoms with Gasteiger partial charge in [-0.15, -0.1) is 11.8 Å². The number of nitrogens with zero attached hydrogens (tertiary/aromatic N) is 3. The summed E-state index contributed by atoms with van der Waals surface area (Å²) < 4.78 is 1.75. The van der Waals surface area contributed by atoms with E-state index in [1.807, 2.05) is 19.1 Å². The van der Waals surface area contributed by atoms with Crippen molar-refractivity contribution in [2.75, 3.05) is 19.3 Å². The molecule has 0 spiro atoms. The second-order valence-corrected chi connectivity index (χ2v) is 8.99. The topological polar surface area (TPSA) is 58.4 Å². The first-order valence-corrected chi connectivity index (χ1v) is 12.0. The minimum atomic E-state index is -0.260. The van der Waals surface area contributed by atoms with Gasteiger partial charge in [-0.3, -0.25) is 14.7 Å². The molecule has 1 aromatic carbocycles. The molecule has 0 aliphatic carbocycles. The van der Waals surface area contributed by atoms with Crippen molar-refractivity contribution in [3.05, 3.63) is 87.6 Å². The molecule has 1 atom stereocenters. The summed E-state index contributed by atoms with van der Waals surface area (Å²) in [6.45, 7) is 4.14. The van der Waals surface area contributed by atoms with Crippen molar-refractivity contribution >= 4 is 11.8 Å². The summed E-state index contributed by atoms with van der Waals surface area (Å²) in [6, 6.07) is 13.7. The minimum absolute atomic E-state index is 0.0782. The zero-order valence-electron chi connectivity index (χ0n) is 18.1. The van der Waals surface area contributed by atoms with E-state index in [0.29, 0.717) is 12.1 Å². The highest BCUT2D eigenvalue weighted by Gasteiger charge is 2.30. The second-order valence-electron chi connectivity index (χ2n) is 8.11. The van der Waals surface area contributed by atoms with E-state index in [1.165, 1.54) is 11.3 Å². The van der Waals surface area contributed by atoms with Crippen LogP contribution in [0.5, 0.6) is 5.75 Å². The third kappa shape index (κ3) is 4.70. The molecule has 2 aromatic heterocycles. The zero-order valence-corrected chi connectivity index (χ0v) is 18.9. The van der Waals surface area contributed by atoms with Crippen molar-refractivity contribution in [2.45, 2.75) is 43.7 Å². The van der Waals surface area contributed by atoms with Gasteiger partial charge in [-0.1, -0.05) is 24.6 Å². The Balaban J connectivity index is 1.83. The summed E-state index contributed by atoms with van der Waals surface area (Å²) in [7, 11) is 0. The Bertz CT molecular complexity index is 1070. The fourth-order valence-electron chi connectivity index (χ4n) is 4.42. The highest BCUT2D eigenvalue weighted by Crippen LogP contribution is 2.35. The molecule has 1 aliphatic rings. The average molecular weight is 436 g/mol. The van der Waals surface area contributed by atoms with Gasteiger partial charge in [0.15, 0.2) is 0 Å². The second kappa shape index (κ2) is 9.71. The number of piperidine rings is 1. The van der Waals surface area contributed by atoms with Gasteiger partial charge in [0.2, 0.25) is 0 Å². The molecule has 0 unspecified atom stereocenters. The lowest BCUT2D eigenvalue weighted by Gasteiger charge is -2.35. The zero-order chi connectivity index (χ0) is 21.8. The minimum Gasteiger partial charge on any atom is -0.507 e. The molecule has 1 fully saturated rings. The third-order valence-corrected chi connectivity index (χ3v) is 6.79. The highest BCUT2D eigenvalue weighted by atomic mass is 32.2. The third-order valence-electron chi connectivity index (χ3n) is 6.05. The van der Waals surface area contributed by atoms with Crippen LogP contribution < -0.4 is 5.56 Å². The standard InChI is InChI=1S/C25H29N3O2S/c1-18-15-22(29)23(25(30)28(18)17-19-7-6-12-26-16-19)24(27-13-4-3-5-14-27)20-8-10-21(31-2)11-9-20/h6-12,15-16,24,29H,3-5,13-14,17H2,1-2H3/t24-/m1/s1. The van der Waals surface area contributed by atoms with Gasteiger partial charge in [-0.2, -0.15) is 0 Å². The summed E-state index contributed by atoms with van der Waals surface area (Å²) in [5.41, 5.74) is 3.08. The number of rotatable bonds is 6. The molecule has 5 nitrogen and oxygen atoms in total. The van der Waals surface area contributed by atoms with Gasteiger partial charge >= 0.3 is 0 Å². The number of pyridine rings is 2. The van der Waals surface area contributed by atoms with Crippen LogP contribution in [0.2, 0.25) is 0 Å². The lowest BCUT2D eigenvalue weighted by molar-refractivity contribution is 0.183. The quantitative estimate of drug-likeness (QED) is 0.574. The Kier molecular flexibility index (Phi) is 6.78. The number of hydrogen-bond donors (Lipinski definition) is 1. The molecule has 3 aromatic rings. The van der Waals surface area contributed by atoms with Crippen molar-refractivity contribution < 1.29 is 5.11 Å². The number of likely N-dealkylation sites (tertiary alicyclic amines) is 1. The number of thioether (sulfide) groups is 1. The fourth-order valence-corrected chi connectivity index (χ4v) is 4.83. The van der Waals surface area contributed by atoms with Crippen LogP contribution >= 0.6 is 11.8 Å². The van der Waals surface area contributed by atoms with Crippen molar-refractivity contribution in [1.29, 1.82) is 0 Å². The summed E-state index contributed by atoms with van der Waals surface area (Å²) >= 11 is 1.70. The van der Waals surface area contributed by atoms with E-state index in [0.717, 1.165) is 42.8 Å². The van der Waals surface area contributed by atoms with Gasteiger partial charge in [0, 0.05) is 23.0 Å². The summed E-state index contributed by atoms with van der Waals surface area (Å²) in [4.78, 5) is 21.5. The molecule has 6 heteroatoms. The molecule has 1 aliphatic heterocycles. The predicted octanol–water partition coefficient (Wildman–Crippen LogP) is 4.60. The first-order valence-electron chi connectivity index (χ1n) is 10.8. The van der Waals surface area contributed by atoms with E-state index in [2.05, 4.69) is 40.4 Å². The van der Waals surface area contributed by atoms with Gasteiger partial charge in [0.25, 0.3) is 5.56 Å². The summed E-state index contributed by atoms with van der Waals surface area (Å²) in [5, 5.41) is 11.0. The van der Waals surface area contributed by atoms with Gasteiger partial charge in [0.05, 0.1) is 18.2 Å². The van der Waals surface area contributed by atoms with Crippen molar-refractivity contribution in [1.82, 2.24) is 14.5 Å². The van der Waals surface area contributed by atoms with Crippen LogP contribution in [-0.4, -0.2) is 38.9 Å². The van der Waals surface area contributed by atoms with Crippen molar-refractivity contribution in [3.63, 3.8) is 0 Å². The Morgan fingerprint density at radius 3 is 2.52 bits per heavy atom. The highest BCUT2D eigenvalue weighted by molar-refractivity contribution is 7.98. The van der Waals surface area contributed by atoms with E-state index in [-0.39, 0.29) is 17.4 Å². The van der Waals surface area contributed by atoms with Gasteiger partial charge in [0.1, 0.15) is 5.75 Å². The maximum Gasteiger partial charge on any atom is 0.259 e. The first kappa shape index (κ1) is 21.7. The van der Waals surface area contributed by atoms with Gasteiger partial charge < -0.3 is 9.67 Å². The molecule has 4 rings (SSSR count). The molecular formula is C25H29N3O2S. The van der Waals surface area contributed by atoms with E-state index in [1.54, 1.807) is 34.8 Å². The molecule has 31 heavy (non-hydrogen) atoms. The van der Waals surface area contributed by atoms with E-state index in [9.17, 15) is 9.90 Å².